The van der Waals surface area contributed by atoms with Crippen molar-refractivity contribution >= 4 is 23.2 Å². The lowest BCUT2D eigenvalue weighted by Gasteiger charge is -2.24. The van der Waals surface area contributed by atoms with E-state index in [-0.39, 0.29) is 11.9 Å². The summed E-state index contributed by atoms with van der Waals surface area (Å²) in [6.45, 7) is 0.302. The molecule has 0 bridgehead atoms. The van der Waals surface area contributed by atoms with Crippen LogP contribution >= 0.6 is 11.6 Å². The summed E-state index contributed by atoms with van der Waals surface area (Å²) in [4.78, 5) is 14.4. The van der Waals surface area contributed by atoms with E-state index in [4.69, 9.17) is 16.9 Å². The zero-order valence-corrected chi connectivity index (χ0v) is 14.2. The Bertz CT molecular complexity index is 812. The third-order valence-electron chi connectivity index (χ3n) is 4.40. The molecule has 1 atom stereocenters. The molecule has 4 nitrogen and oxygen atoms in total. The van der Waals surface area contributed by atoms with Crippen LogP contribution in [0.1, 0.15) is 29.2 Å². The maximum atomic E-state index is 12.3. The molecule has 1 N–H and O–H groups in total. The molecule has 0 spiro atoms. The highest BCUT2D eigenvalue weighted by Crippen LogP contribution is 2.34. The monoisotopic (exact) mass is 339 g/mol. The van der Waals surface area contributed by atoms with Gasteiger partial charge < -0.3 is 5.32 Å². The van der Waals surface area contributed by atoms with Gasteiger partial charge in [-0.2, -0.15) is 5.26 Å². The Hall–Kier alpha value is -2.35. The van der Waals surface area contributed by atoms with Crippen molar-refractivity contribution in [1.82, 2.24) is 4.90 Å². The predicted octanol–water partition coefficient (Wildman–Crippen LogP) is 3.77. The number of fused-ring (bicyclic) bond motifs is 1. The number of nitrogens with one attached hydrogen (secondary N) is 1. The molecule has 2 aromatic carbocycles. The number of benzene rings is 2. The Labute approximate surface area is 146 Å². The van der Waals surface area contributed by atoms with Crippen molar-refractivity contribution in [3.8, 4) is 6.07 Å². The number of rotatable bonds is 4. The van der Waals surface area contributed by atoms with Crippen molar-refractivity contribution in [2.45, 2.75) is 18.9 Å². The number of hydrogen-bond acceptors (Lipinski definition) is 3. The number of carbonyl (C=O) groups is 1. The van der Waals surface area contributed by atoms with Gasteiger partial charge in [-0.1, -0.05) is 35.9 Å². The van der Waals surface area contributed by atoms with Gasteiger partial charge in [-0.15, -0.1) is 0 Å². The van der Waals surface area contributed by atoms with Crippen molar-refractivity contribution in [1.29, 1.82) is 5.26 Å². The van der Waals surface area contributed by atoms with E-state index in [0.717, 1.165) is 12.8 Å². The molecule has 0 radical (unpaired) electrons. The number of nitriles is 1. The Morgan fingerprint density at radius 1 is 1.38 bits per heavy atom. The van der Waals surface area contributed by atoms with Gasteiger partial charge in [-0.3, -0.25) is 9.69 Å². The van der Waals surface area contributed by atoms with Crippen LogP contribution in [0.2, 0.25) is 5.02 Å². The third-order valence-corrected chi connectivity index (χ3v) is 4.71. The zero-order chi connectivity index (χ0) is 17.1. The van der Waals surface area contributed by atoms with E-state index in [1.807, 2.05) is 19.2 Å². The molecular weight excluding hydrogens is 322 g/mol. The number of amides is 1. The van der Waals surface area contributed by atoms with Gasteiger partial charge in [-0.05, 0) is 49.2 Å². The smallest absolute Gasteiger partial charge is 0.238 e. The molecule has 0 fully saturated rings. The summed E-state index contributed by atoms with van der Waals surface area (Å²) in [6.07, 6.45) is 2.09. The fourth-order valence-electron chi connectivity index (χ4n) is 3.21. The highest BCUT2D eigenvalue weighted by molar-refractivity contribution is 6.32. The Morgan fingerprint density at radius 3 is 2.92 bits per heavy atom. The van der Waals surface area contributed by atoms with Gasteiger partial charge in [0.25, 0.3) is 0 Å². The summed E-state index contributed by atoms with van der Waals surface area (Å²) in [6, 6.07) is 15.6. The molecule has 0 heterocycles. The first-order chi connectivity index (χ1) is 11.6. The van der Waals surface area contributed by atoms with Crippen LogP contribution in [0.15, 0.2) is 42.5 Å². The van der Waals surface area contributed by atoms with Crippen molar-refractivity contribution in [3.05, 3.63) is 64.2 Å². The number of hydrogen-bond donors (Lipinski definition) is 1. The molecule has 24 heavy (non-hydrogen) atoms. The minimum Gasteiger partial charge on any atom is -0.325 e. The van der Waals surface area contributed by atoms with E-state index in [9.17, 15) is 4.79 Å². The quantitative estimate of drug-likeness (QED) is 0.922. The summed E-state index contributed by atoms with van der Waals surface area (Å²) in [5, 5.41) is 12.1. The molecule has 122 valence electrons. The zero-order valence-electron chi connectivity index (χ0n) is 13.4. The Balaban J connectivity index is 1.63. The molecule has 0 saturated heterocycles. The molecule has 1 amide bonds. The minimum absolute atomic E-state index is 0.0948. The SMILES string of the molecule is CN(CC(=O)Nc1ccc(C#N)c(Cl)c1)[C@H]1CCc2ccccc21. The van der Waals surface area contributed by atoms with Gasteiger partial charge in [0.15, 0.2) is 0 Å². The number of aryl methyl sites for hydroxylation is 1. The molecular formula is C19H18ClN3O. The molecule has 1 aliphatic carbocycles. The highest BCUT2D eigenvalue weighted by Gasteiger charge is 2.26. The Morgan fingerprint density at radius 2 is 2.17 bits per heavy atom. The first-order valence-electron chi connectivity index (χ1n) is 7.86. The van der Waals surface area contributed by atoms with Crippen molar-refractivity contribution in [2.24, 2.45) is 0 Å². The van der Waals surface area contributed by atoms with E-state index in [0.29, 0.717) is 22.8 Å². The first-order valence-corrected chi connectivity index (χ1v) is 8.24. The lowest BCUT2D eigenvalue weighted by Crippen LogP contribution is -2.32. The molecule has 2 aromatic rings. The Kier molecular flexibility index (Phi) is 4.84. The fourth-order valence-corrected chi connectivity index (χ4v) is 3.44. The van der Waals surface area contributed by atoms with E-state index >= 15 is 0 Å². The molecule has 1 aliphatic rings. The van der Waals surface area contributed by atoms with Gasteiger partial charge in [0.1, 0.15) is 6.07 Å². The second kappa shape index (κ2) is 7.04. The van der Waals surface area contributed by atoms with E-state index < -0.39 is 0 Å². The largest absolute Gasteiger partial charge is 0.325 e. The van der Waals surface area contributed by atoms with Crippen molar-refractivity contribution < 1.29 is 4.79 Å². The normalized spacial score (nSPS) is 15.8. The summed E-state index contributed by atoms with van der Waals surface area (Å²) >= 11 is 5.99. The van der Waals surface area contributed by atoms with Crippen LogP contribution in [0, 0.1) is 11.3 Å². The number of likely N-dealkylation sites (N-methyl/N-ethyl adjacent to an activating group) is 1. The number of nitrogens with zero attached hydrogens (tertiary/aromatic N) is 2. The van der Waals surface area contributed by atoms with Crippen LogP contribution in [0.25, 0.3) is 0 Å². The average Bonchev–Trinajstić information content (AvgIpc) is 2.99. The summed E-state index contributed by atoms with van der Waals surface area (Å²) < 4.78 is 0. The third kappa shape index (κ3) is 3.43. The topological polar surface area (TPSA) is 56.1 Å². The van der Waals surface area contributed by atoms with Crippen LogP contribution < -0.4 is 5.32 Å². The maximum absolute atomic E-state index is 12.3. The van der Waals surface area contributed by atoms with Gasteiger partial charge in [0.2, 0.25) is 5.91 Å². The molecule has 0 aromatic heterocycles. The summed E-state index contributed by atoms with van der Waals surface area (Å²) in [5.41, 5.74) is 3.68. The van der Waals surface area contributed by atoms with Crippen LogP contribution in [-0.2, 0) is 11.2 Å². The van der Waals surface area contributed by atoms with Crippen molar-refractivity contribution in [2.75, 3.05) is 18.9 Å². The second-order valence-electron chi connectivity index (χ2n) is 6.02. The molecule has 5 heteroatoms. The van der Waals surface area contributed by atoms with Crippen molar-refractivity contribution in [3.63, 3.8) is 0 Å². The van der Waals surface area contributed by atoms with Gasteiger partial charge in [0, 0.05) is 11.7 Å². The maximum Gasteiger partial charge on any atom is 0.238 e. The van der Waals surface area contributed by atoms with Gasteiger partial charge in [-0.25, -0.2) is 0 Å². The van der Waals surface area contributed by atoms with Crippen LogP contribution in [0.3, 0.4) is 0 Å². The lowest BCUT2D eigenvalue weighted by molar-refractivity contribution is -0.117. The van der Waals surface area contributed by atoms with E-state index in [2.05, 4.69) is 28.4 Å². The van der Waals surface area contributed by atoms with Crippen LogP contribution in [-0.4, -0.2) is 24.4 Å². The van der Waals surface area contributed by atoms with Crippen LogP contribution in [0.4, 0.5) is 5.69 Å². The van der Waals surface area contributed by atoms with Crippen LogP contribution in [0.5, 0.6) is 0 Å². The molecule has 0 saturated carbocycles. The summed E-state index contributed by atoms with van der Waals surface area (Å²) in [5.74, 6) is -0.0948. The fraction of sp³-hybridized carbons (Fsp3) is 0.263. The average molecular weight is 340 g/mol. The van der Waals surface area contributed by atoms with E-state index in [1.54, 1.807) is 18.2 Å². The van der Waals surface area contributed by atoms with E-state index in [1.165, 1.54) is 11.1 Å². The number of carbonyl (C=O) groups excluding carboxylic acids is 1. The first kappa shape index (κ1) is 16.5. The molecule has 3 rings (SSSR count). The number of anilines is 1. The molecule has 0 aliphatic heterocycles. The summed E-state index contributed by atoms with van der Waals surface area (Å²) in [7, 11) is 1.97. The highest BCUT2D eigenvalue weighted by atomic mass is 35.5. The van der Waals surface area contributed by atoms with Gasteiger partial charge >= 0.3 is 0 Å². The number of halogens is 1. The predicted molar refractivity (Wildman–Crippen MR) is 94.9 cm³/mol. The lowest BCUT2D eigenvalue weighted by atomic mass is 10.1. The minimum atomic E-state index is -0.0948. The molecule has 0 unspecified atom stereocenters. The van der Waals surface area contributed by atoms with Gasteiger partial charge in [0.05, 0.1) is 17.1 Å². The standard InChI is InChI=1S/C19H18ClN3O/c1-23(18-9-7-13-4-2-3-5-16(13)18)12-19(24)22-15-8-6-14(11-21)17(20)10-15/h2-6,8,10,18H,7,9,12H2,1H3,(H,22,24)/t18-/m0/s1. The second-order valence-corrected chi connectivity index (χ2v) is 6.43.